The maximum absolute atomic E-state index is 5.80. The molecule has 1 fully saturated rings. The number of nitrogens with zero attached hydrogens (tertiary/aromatic N) is 1. The van der Waals surface area contributed by atoms with Crippen LogP contribution in [0.2, 0.25) is 0 Å². The van der Waals surface area contributed by atoms with Gasteiger partial charge in [-0.25, -0.2) is 0 Å². The summed E-state index contributed by atoms with van der Waals surface area (Å²) in [5, 5.41) is 0. The summed E-state index contributed by atoms with van der Waals surface area (Å²) < 4.78 is 5.64. The molecule has 2 aliphatic heterocycles. The lowest BCUT2D eigenvalue weighted by atomic mass is 9.94. The Morgan fingerprint density at radius 2 is 2.35 bits per heavy atom. The van der Waals surface area contributed by atoms with Crippen molar-refractivity contribution in [1.29, 1.82) is 0 Å². The van der Waals surface area contributed by atoms with Crippen molar-refractivity contribution in [2.45, 2.75) is 18.9 Å². The second-order valence-corrected chi connectivity index (χ2v) is 5.22. The first-order valence-electron chi connectivity index (χ1n) is 6.44. The predicted octanol–water partition coefficient (Wildman–Crippen LogP) is 1.57. The van der Waals surface area contributed by atoms with Crippen LogP contribution in [0.15, 0.2) is 18.2 Å². The average Bonchev–Trinajstić information content (AvgIpc) is 2.94. The van der Waals surface area contributed by atoms with E-state index >= 15 is 0 Å². The fraction of sp³-hybridized carbons (Fsp3) is 0.571. The summed E-state index contributed by atoms with van der Waals surface area (Å²) in [6.45, 7) is 2.75. The van der Waals surface area contributed by atoms with Gasteiger partial charge in [-0.15, -0.1) is 0 Å². The molecule has 3 nitrogen and oxygen atoms in total. The Kier molecular flexibility index (Phi) is 2.81. The number of benzene rings is 1. The standard InChI is InChI=1S/C14H20N2O/c1-16-9-10(8-15)7-13(16)11-3-2-4-14-12(11)5-6-17-14/h2-4,10,13H,5-9,15H2,1H3. The normalized spacial score (nSPS) is 28.1. The Hall–Kier alpha value is -1.06. The summed E-state index contributed by atoms with van der Waals surface area (Å²) in [4.78, 5) is 2.44. The van der Waals surface area contributed by atoms with Crippen LogP contribution in [0.25, 0.3) is 0 Å². The Labute approximate surface area is 103 Å². The van der Waals surface area contributed by atoms with E-state index in [1.165, 1.54) is 17.5 Å². The van der Waals surface area contributed by atoms with Gasteiger partial charge in [0.1, 0.15) is 5.75 Å². The van der Waals surface area contributed by atoms with Crippen LogP contribution in [0.1, 0.15) is 23.6 Å². The zero-order valence-corrected chi connectivity index (χ0v) is 10.4. The highest BCUT2D eigenvalue weighted by atomic mass is 16.5. The minimum atomic E-state index is 0.528. The van der Waals surface area contributed by atoms with Crippen LogP contribution in [0, 0.1) is 5.92 Å². The van der Waals surface area contributed by atoms with Crippen molar-refractivity contribution in [3.05, 3.63) is 29.3 Å². The molecule has 0 bridgehead atoms. The second kappa shape index (κ2) is 4.31. The average molecular weight is 232 g/mol. The zero-order chi connectivity index (χ0) is 11.8. The maximum atomic E-state index is 5.80. The lowest BCUT2D eigenvalue weighted by Gasteiger charge is -2.21. The molecule has 1 saturated heterocycles. The molecule has 0 saturated carbocycles. The van der Waals surface area contributed by atoms with E-state index in [9.17, 15) is 0 Å². The zero-order valence-electron chi connectivity index (χ0n) is 10.4. The third-order valence-electron chi connectivity index (χ3n) is 4.11. The summed E-state index contributed by atoms with van der Waals surface area (Å²) in [7, 11) is 2.20. The number of ether oxygens (including phenoxy) is 1. The van der Waals surface area contributed by atoms with Crippen molar-refractivity contribution in [2.24, 2.45) is 11.7 Å². The van der Waals surface area contributed by atoms with Crippen LogP contribution in [-0.2, 0) is 6.42 Å². The molecule has 0 aliphatic carbocycles. The van der Waals surface area contributed by atoms with Crippen molar-refractivity contribution >= 4 is 0 Å². The van der Waals surface area contributed by atoms with E-state index in [0.717, 1.165) is 31.9 Å². The van der Waals surface area contributed by atoms with Gasteiger partial charge in [0.25, 0.3) is 0 Å². The number of likely N-dealkylation sites (tertiary alicyclic amines) is 1. The lowest BCUT2D eigenvalue weighted by Crippen LogP contribution is -2.21. The SMILES string of the molecule is CN1CC(CN)CC1c1cccc2c1CCO2. The van der Waals surface area contributed by atoms with Gasteiger partial charge in [0.05, 0.1) is 6.61 Å². The Bertz CT molecular complexity index is 419. The molecule has 0 spiro atoms. The summed E-state index contributed by atoms with van der Waals surface area (Å²) >= 11 is 0. The molecule has 3 rings (SSSR count). The molecule has 1 aromatic carbocycles. The molecule has 2 atom stereocenters. The van der Waals surface area contributed by atoms with Gasteiger partial charge in [0, 0.05) is 24.6 Å². The van der Waals surface area contributed by atoms with Crippen LogP contribution in [0.5, 0.6) is 5.75 Å². The second-order valence-electron chi connectivity index (χ2n) is 5.22. The van der Waals surface area contributed by atoms with Gasteiger partial charge < -0.3 is 10.5 Å². The van der Waals surface area contributed by atoms with Gasteiger partial charge in [-0.2, -0.15) is 0 Å². The molecule has 1 aromatic rings. The predicted molar refractivity (Wildman–Crippen MR) is 68.2 cm³/mol. The minimum absolute atomic E-state index is 0.528. The Balaban J connectivity index is 1.92. The highest BCUT2D eigenvalue weighted by Gasteiger charge is 2.32. The van der Waals surface area contributed by atoms with Crippen molar-refractivity contribution in [2.75, 3.05) is 26.7 Å². The summed E-state index contributed by atoms with van der Waals surface area (Å²) in [5.41, 5.74) is 8.67. The van der Waals surface area contributed by atoms with Crippen LogP contribution >= 0.6 is 0 Å². The first-order chi connectivity index (χ1) is 8.29. The summed E-state index contributed by atoms with van der Waals surface area (Å²) in [5.74, 6) is 1.73. The molecule has 92 valence electrons. The van der Waals surface area contributed by atoms with Crippen molar-refractivity contribution in [1.82, 2.24) is 4.90 Å². The van der Waals surface area contributed by atoms with Gasteiger partial charge in [-0.05, 0) is 37.6 Å². The van der Waals surface area contributed by atoms with Crippen molar-refractivity contribution in [3.63, 3.8) is 0 Å². The molecule has 0 radical (unpaired) electrons. The van der Waals surface area contributed by atoms with E-state index < -0.39 is 0 Å². The fourth-order valence-electron chi connectivity index (χ4n) is 3.20. The van der Waals surface area contributed by atoms with E-state index in [0.29, 0.717) is 12.0 Å². The van der Waals surface area contributed by atoms with Gasteiger partial charge in [0.15, 0.2) is 0 Å². The monoisotopic (exact) mass is 232 g/mol. The molecule has 3 heteroatoms. The quantitative estimate of drug-likeness (QED) is 0.841. The molecule has 2 heterocycles. The highest BCUT2D eigenvalue weighted by Crippen LogP contribution is 2.39. The molecular formula is C14H20N2O. The maximum Gasteiger partial charge on any atom is 0.122 e. The van der Waals surface area contributed by atoms with Crippen LogP contribution in [-0.4, -0.2) is 31.6 Å². The highest BCUT2D eigenvalue weighted by molar-refractivity contribution is 5.44. The number of rotatable bonds is 2. The topological polar surface area (TPSA) is 38.5 Å². The third-order valence-corrected chi connectivity index (χ3v) is 4.11. The van der Waals surface area contributed by atoms with Gasteiger partial charge >= 0.3 is 0 Å². The van der Waals surface area contributed by atoms with E-state index in [4.69, 9.17) is 10.5 Å². The number of hydrogen-bond donors (Lipinski definition) is 1. The molecule has 0 amide bonds. The first kappa shape index (κ1) is 11.1. The minimum Gasteiger partial charge on any atom is -0.493 e. The lowest BCUT2D eigenvalue weighted by molar-refractivity contribution is 0.312. The first-order valence-corrected chi connectivity index (χ1v) is 6.44. The number of nitrogens with two attached hydrogens (primary N) is 1. The number of hydrogen-bond acceptors (Lipinski definition) is 3. The van der Waals surface area contributed by atoms with Crippen LogP contribution in [0.4, 0.5) is 0 Å². The van der Waals surface area contributed by atoms with Crippen molar-refractivity contribution < 1.29 is 4.74 Å². The Morgan fingerprint density at radius 1 is 1.47 bits per heavy atom. The fourth-order valence-corrected chi connectivity index (χ4v) is 3.20. The van der Waals surface area contributed by atoms with E-state index in [2.05, 4.69) is 30.1 Å². The van der Waals surface area contributed by atoms with E-state index in [1.54, 1.807) is 0 Å². The third kappa shape index (κ3) is 1.83. The molecule has 2 aliphatic rings. The van der Waals surface area contributed by atoms with Gasteiger partial charge in [-0.1, -0.05) is 12.1 Å². The molecular weight excluding hydrogens is 212 g/mol. The largest absolute Gasteiger partial charge is 0.493 e. The smallest absolute Gasteiger partial charge is 0.122 e. The number of fused-ring (bicyclic) bond motifs is 1. The van der Waals surface area contributed by atoms with Crippen molar-refractivity contribution in [3.8, 4) is 5.75 Å². The van der Waals surface area contributed by atoms with Crippen LogP contribution in [0.3, 0.4) is 0 Å². The molecule has 17 heavy (non-hydrogen) atoms. The van der Waals surface area contributed by atoms with E-state index in [1.807, 2.05) is 0 Å². The van der Waals surface area contributed by atoms with Crippen LogP contribution < -0.4 is 10.5 Å². The summed E-state index contributed by atoms with van der Waals surface area (Å²) in [6, 6.07) is 6.98. The Morgan fingerprint density at radius 3 is 3.12 bits per heavy atom. The van der Waals surface area contributed by atoms with Gasteiger partial charge in [-0.3, -0.25) is 4.90 Å². The van der Waals surface area contributed by atoms with E-state index in [-0.39, 0.29) is 0 Å². The summed E-state index contributed by atoms with van der Waals surface area (Å²) in [6.07, 6.45) is 2.24. The van der Waals surface area contributed by atoms with Gasteiger partial charge in [0.2, 0.25) is 0 Å². The molecule has 2 unspecified atom stereocenters. The molecule has 2 N–H and O–H groups in total. The molecule has 0 aromatic heterocycles.